The molecule has 0 aliphatic carbocycles. The molecule has 0 radical (unpaired) electrons. The van der Waals surface area contributed by atoms with Crippen molar-refractivity contribution in [2.24, 2.45) is 0 Å². The largest absolute Gasteiger partial charge is 0.492 e. The number of carbonyl (C=O) groups is 2. The van der Waals surface area contributed by atoms with E-state index in [4.69, 9.17) is 9.84 Å². The maximum absolute atomic E-state index is 12.2. The fourth-order valence-corrected chi connectivity index (χ4v) is 2.04. The highest BCUT2D eigenvalue weighted by Gasteiger charge is 2.23. The van der Waals surface area contributed by atoms with Crippen LogP contribution in [-0.2, 0) is 9.59 Å². The molecule has 0 bridgehead atoms. The summed E-state index contributed by atoms with van der Waals surface area (Å²) in [6.07, 6.45) is -3.36. The van der Waals surface area contributed by atoms with E-state index in [1.807, 2.05) is 12.1 Å². The zero-order valence-electron chi connectivity index (χ0n) is 11.6. The Balaban J connectivity index is 2.30. The number of alkyl halides is 2. The lowest BCUT2D eigenvalue weighted by atomic mass is 10.2. The molecule has 0 aliphatic heterocycles. The second-order valence-corrected chi connectivity index (χ2v) is 5.32. The van der Waals surface area contributed by atoms with Gasteiger partial charge in [0.15, 0.2) is 0 Å². The van der Waals surface area contributed by atoms with E-state index >= 15 is 0 Å². The van der Waals surface area contributed by atoms with E-state index in [1.165, 1.54) is 0 Å². The second kappa shape index (κ2) is 9.34. The van der Waals surface area contributed by atoms with Crippen LogP contribution in [0.4, 0.5) is 8.78 Å². The fraction of sp³-hybridized carbons (Fsp3) is 0.429. The predicted octanol–water partition coefficient (Wildman–Crippen LogP) is 2.83. The molecule has 0 fully saturated rings. The van der Waals surface area contributed by atoms with Crippen LogP contribution in [0, 0.1) is 0 Å². The zero-order valence-corrected chi connectivity index (χ0v) is 13.2. The number of nitrogens with one attached hydrogen (secondary N) is 1. The van der Waals surface area contributed by atoms with Crippen LogP contribution >= 0.6 is 15.9 Å². The van der Waals surface area contributed by atoms with Gasteiger partial charge in [-0.05, 0) is 34.5 Å². The predicted molar refractivity (Wildman–Crippen MR) is 79.1 cm³/mol. The Morgan fingerprint density at radius 1 is 1.32 bits per heavy atom. The molecular formula is C14H16BrF2NO4. The molecule has 0 spiro atoms. The quantitative estimate of drug-likeness (QED) is 0.646. The van der Waals surface area contributed by atoms with Gasteiger partial charge in [0.25, 0.3) is 0 Å². The molecule has 1 unspecified atom stereocenters. The molecule has 1 atom stereocenters. The topological polar surface area (TPSA) is 75.6 Å². The van der Waals surface area contributed by atoms with Crippen LogP contribution in [0.3, 0.4) is 0 Å². The number of amides is 1. The van der Waals surface area contributed by atoms with Crippen LogP contribution in [0.15, 0.2) is 28.7 Å². The molecule has 0 heterocycles. The third-order valence-electron chi connectivity index (χ3n) is 2.69. The Morgan fingerprint density at radius 2 is 2.00 bits per heavy atom. The number of para-hydroxylation sites is 1. The molecule has 122 valence electrons. The summed E-state index contributed by atoms with van der Waals surface area (Å²) in [4.78, 5) is 22.3. The van der Waals surface area contributed by atoms with Crippen molar-refractivity contribution in [3.8, 4) is 5.75 Å². The van der Waals surface area contributed by atoms with Gasteiger partial charge >= 0.3 is 5.97 Å². The van der Waals surface area contributed by atoms with Crippen molar-refractivity contribution in [3.63, 3.8) is 0 Å². The Bertz CT molecular complexity index is 513. The molecule has 1 amide bonds. The molecular weight excluding hydrogens is 364 g/mol. The lowest BCUT2D eigenvalue weighted by molar-refractivity contribution is -0.143. The molecule has 0 saturated carbocycles. The number of halogens is 3. The van der Waals surface area contributed by atoms with Gasteiger partial charge in [-0.3, -0.25) is 4.79 Å². The molecule has 0 saturated heterocycles. The molecule has 2 N–H and O–H groups in total. The third kappa shape index (κ3) is 6.84. The highest BCUT2D eigenvalue weighted by atomic mass is 79.9. The monoisotopic (exact) mass is 379 g/mol. The van der Waals surface area contributed by atoms with Gasteiger partial charge < -0.3 is 15.2 Å². The highest BCUT2D eigenvalue weighted by molar-refractivity contribution is 9.10. The molecule has 0 aliphatic rings. The molecule has 22 heavy (non-hydrogen) atoms. The van der Waals surface area contributed by atoms with E-state index < -0.39 is 30.8 Å². The summed E-state index contributed by atoms with van der Waals surface area (Å²) >= 11 is 3.31. The first-order valence-corrected chi connectivity index (χ1v) is 7.37. The lowest BCUT2D eigenvalue weighted by Gasteiger charge is -2.14. The molecule has 1 aromatic carbocycles. The number of ether oxygens (including phenoxy) is 1. The van der Waals surface area contributed by atoms with Gasteiger partial charge in [0, 0.05) is 12.8 Å². The van der Waals surface area contributed by atoms with Crippen molar-refractivity contribution in [1.29, 1.82) is 0 Å². The van der Waals surface area contributed by atoms with E-state index in [1.54, 1.807) is 12.1 Å². The fourth-order valence-electron chi connectivity index (χ4n) is 1.64. The van der Waals surface area contributed by atoms with E-state index in [0.29, 0.717) is 12.2 Å². The highest BCUT2D eigenvalue weighted by Crippen LogP contribution is 2.23. The maximum Gasteiger partial charge on any atom is 0.326 e. The Labute approximate surface area is 134 Å². The van der Waals surface area contributed by atoms with Crippen LogP contribution in [-0.4, -0.2) is 36.1 Å². The number of carboxylic acid groups (broad SMARTS) is 1. The van der Waals surface area contributed by atoms with Crippen LogP contribution in [0.2, 0.25) is 0 Å². The lowest BCUT2D eigenvalue weighted by Crippen LogP contribution is -2.42. The van der Waals surface area contributed by atoms with E-state index in [0.717, 1.165) is 4.47 Å². The SMILES string of the molecule is O=C(CCCOc1ccccc1Br)NC(CC(F)F)C(=O)O. The number of hydrogen-bond acceptors (Lipinski definition) is 3. The Hall–Kier alpha value is -1.70. The van der Waals surface area contributed by atoms with Gasteiger partial charge in [0.05, 0.1) is 11.1 Å². The average molecular weight is 380 g/mol. The van der Waals surface area contributed by atoms with Crippen molar-refractivity contribution >= 4 is 27.8 Å². The Kier molecular flexibility index (Phi) is 7.79. The second-order valence-electron chi connectivity index (χ2n) is 4.47. The summed E-state index contributed by atoms with van der Waals surface area (Å²) in [6.45, 7) is 0.253. The summed E-state index contributed by atoms with van der Waals surface area (Å²) < 4.78 is 30.6. The van der Waals surface area contributed by atoms with E-state index in [-0.39, 0.29) is 13.0 Å². The van der Waals surface area contributed by atoms with E-state index in [9.17, 15) is 18.4 Å². The van der Waals surface area contributed by atoms with Crippen LogP contribution in [0.1, 0.15) is 19.3 Å². The van der Waals surface area contributed by atoms with Crippen LogP contribution < -0.4 is 10.1 Å². The van der Waals surface area contributed by atoms with Crippen molar-refractivity contribution < 1.29 is 28.2 Å². The van der Waals surface area contributed by atoms with Crippen molar-refractivity contribution in [1.82, 2.24) is 5.32 Å². The molecule has 0 aromatic heterocycles. The first kappa shape index (κ1) is 18.3. The molecule has 1 rings (SSSR count). The minimum atomic E-state index is -2.79. The zero-order chi connectivity index (χ0) is 16.5. The molecule has 8 heteroatoms. The Morgan fingerprint density at radius 3 is 2.59 bits per heavy atom. The normalized spacial score (nSPS) is 12.0. The molecule has 5 nitrogen and oxygen atoms in total. The summed E-state index contributed by atoms with van der Waals surface area (Å²) in [5, 5.41) is 10.8. The standard InChI is InChI=1S/C14H16BrF2NO4/c15-9-4-1-2-5-11(9)22-7-3-6-13(19)18-10(14(20)21)8-12(16)17/h1-2,4-5,10,12H,3,6-8H2,(H,18,19)(H,20,21). The van der Waals surface area contributed by atoms with E-state index in [2.05, 4.69) is 21.2 Å². The third-order valence-corrected chi connectivity index (χ3v) is 3.34. The van der Waals surface area contributed by atoms with Gasteiger partial charge in [0.2, 0.25) is 12.3 Å². The summed E-state index contributed by atoms with van der Waals surface area (Å²) in [7, 11) is 0. The minimum Gasteiger partial charge on any atom is -0.492 e. The minimum absolute atomic E-state index is 0.00251. The van der Waals surface area contributed by atoms with Crippen molar-refractivity contribution in [2.75, 3.05) is 6.61 Å². The average Bonchev–Trinajstić information content (AvgIpc) is 2.44. The van der Waals surface area contributed by atoms with Gasteiger partial charge in [-0.2, -0.15) is 0 Å². The van der Waals surface area contributed by atoms with Crippen molar-refractivity contribution in [3.05, 3.63) is 28.7 Å². The van der Waals surface area contributed by atoms with Gasteiger partial charge in [-0.15, -0.1) is 0 Å². The van der Waals surface area contributed by atoms with Gasteiger partial charge in [-0.25, -0.2) is 13.6 Å². The first-order chi connectivity index (χ1) is 10.4. The first-order valence-electron chi connectivity index (χ1n) is 6.57. The van der Waals surface area contributed by atoms with Gasteiger partial charge in [-0.1, -0.05) is 12.1 Å². The number of carboxylic acids is 1. The van der Waals surface area contributed by atoms with Crippen LogP contribution in [0.5, 0.6) is 5.75 Å². The number of hydrogen-bond donors (Lipinski definition) is 2. The number of carbonyl (C=O) groups excluding carboxylic acids is 1. The molecule has 1 aromatic rings. The van der Waals surface area contributed by atoms with Gasteiger partial charge in [0.1, 0.15) is 11.8 Å². The number of aliphatic carboxylic acids is 1. The van der Waals surface area contributed by atoms with Crippen LogP contribution in [0.25, 0.3) is 0 Å². The smallest absolute Gasteiger partial charge is 0.326 e. The number of rotatable bonds is 9. The number of benzene rings is 1. The maximum atomic E-state index is 12.2. The summed E-state index contributed by atoms with van der Waals surface area (Å²) in [6, 6.07) is 5.63. The summed E-state index contributed by atoms with van der Waals surface area (Å²) in [5.74, 6) is -1.44. The summed E-state index contributed by atoms with van der Waals surface area (Å²) in [5.41, 5.74) is 0. The van der Waals surface area contributed by atoms with Crippen molar-refractivity contribution in [2.45, 2.75) is 31.7 Å².